The third-order valence-corrected chi connectivity index (χ3v) is 3.15. The molecule has 7 nitrogen and oxygen atoms in total. The summed E-state index contributed by atoms with van der Waals surface area (Å²) in [6.45, 7) is 2.19. The molecule has 1 aromatic carbocycles. The highest BCUT2D eigenvalue weighted by Crippen LogP contribution is 2.12. The Morgan fingerprint density at radius 1 is 1.35 bits per heavy atom. The van der Waals surface area contributed by atoms with Crippen molar-refractivity contribution in [2.75, 3.05) is 6.61 Å². The fourth-order valence-corrected chi connectivity index (χ4v) is 1.97. The van der Waals surface area contributed by atoms with E-state index in [1.807, 2.05) is 6.92 Å². The molecule has 1 atom stereocenters. The first-order chi connectivity index (χ1) is 11.1. The molecule has 2 rings (SSSR count). The molecule has 23 heavy (non-hydrogen) atoms. The van der Waals surface area contributed by atoms with Crippen molar-refractivity contribution in [3.8, 4) is 5.75 Å². The summed E-state index contributed by atoms with van der Waals surface area (Å²) in [6.07, 6.45) is 5.29. The number of aromatic nitrogens is 2. The summed E-state index contributed by atoms with van der Waals surface area (Å²) in [5.41, 5.74) is 0.798. The second kappa shape index (κ2) is 7.98. The van der Waals surface area contributed by atoms with Crippen LogP contribution in [0.5, 0.6) is 5.75 Å². The maximum absolute atomic E-state index is 12.2. The van der Waals surface area contributed by atoms with E-state index in [0.29, 0.717) is 13.0 Å². The Morgan fingerprint density at radius 2 is 2.09 bits per heavy atom. The Bertz CT molecular complexity index is 638. The zero-order valence-corrected chi connectivity index (χ0v) is 12.8. The van der Waals surface area contributed by atoms with Crippen molar-refractivity contribution in [3.63, 3.8) is 0 Å². The summed E-state index contributed by atoms with van der Waals surface area (Å²) >= 11 is 0. The number of aromatic hydroxyl groups is 1. The highest BCUT2D eigenvalue weighted by atomic mass is 16.5. The third-order valence-electron chi connectivity index (χ3n) is 3.15. The van der Waals surface area contributed by atoms with Gasteiger partial charge in [-0.05, 0) is 24.1 Å². The number of nitrogens with one attached hydrogen (secondary N) is 1. The topological polar surface area (TPSA) is 93.5 Å². The summed E-state index contributed by atoms with van der Waals surface area (Å²) in [7, 11) is 0. The number of esters is 1. The quantitative estimate of drug-likeness (QED) is 0.791. The van der Waals surface area contributed by atoms with Gasteiger partial charge in [0.1, 0.15) is 18.1 Å². The van der Waals surface area contributed by atoms with Crippen molar-refractivity contribution < 1.29 is 19.4 Å². The number of carbonyl (C=O) groups is 2. The smallest absolute Gasteiger partial charge is 0.329 e. The Hall–Kier alpha value is -2.83. The highest BCUT2D eigenvalue weighted by molar-refractivity contribution is 5.84. The molecule has 1 aromatic heterocycles. The number of phenolic OH excluding ortho intramolecular Hbond substituents is 1. The van der Waals surface area contributed by atoms with Crippen LogP contribution < -0.4 is 5.32 Å². The van der Waals surface area contributed by atoms with Crippen LogP contribution in [-0.4, -0.2) is 39.3 Å². The van der Waals surface area contributed by atoms with Crippen molar-refractivity contribution in [1.29, 1.82) is 0 Å². The molecule has 0 aliphatic rings. The monoisotopic (exact) mass is 317 g/mol. The average molecular weight is 317 g/mol. The van der Waals surface area contributed by atoms with Crippen LogP contribution in [-0.2, 0) is 16.0 Å². The van der Waals surface area contributed by atoms with E-state index in [-0.39, 0.29) is 12.2 Å². The van der Waals surface area contributed by atoms with Crippen molar-refractivity contribution >= 4 is 12.0 Å². The predicted molar refractivity (Wildman–Crippen MR) is 83.0 cm³/mol. The minimum atomic E-state index is -0.819. The van der Waals surface area contributed by atoms with Gasteiger partial charge >= 0.3 is 12.0 Å². The van der Waals surface area contributed by atoms with Crippen LogP contribution in [0.25, 0.3) is 0 Å². The molecular formula is C16H19N3O4. The third kappa shape index (κ3) is 4.84. The van der Waals surface area contributed by atoms with E-state index in [4.69, 9.17) is 4.74 Å². The van der Waals surface area contributed by atoms with Crippen molar-refractivity contribution in [2.24, 2.45) is 0 Å². The number of imidazole rings is 1. The Morgan fingerprint density at radius 3 is 2.70 bits per heavy atom. The van der Waals surface area contributed by atoms with E-state index in [9.17, 15) is 14.7 Å². The van der Waals surface area contributed by atoms with Gasteiger partial charge in [-0.25, -0.2) is 14.6 Å². The lowest BCUT2D eigenvalue weighted by Gasteiger charge is -2.17. The lowest BCUT2D eigenvalue weighted by atomic mass is 10.1. The minimum Gasteiger partial charge on any atom is -0.508 e. The van der Waals surface area contributed by atoms with Gasteiger partial charge in [-0.1, -0.05) is 19.1 Å². The van der Waals surface area contributed by atoms with Gasteiger partial charge < -0.3 is 15.2 Å². The zero-order valence-electron chi connectivity index (χ0n) is 12.8. The molecule has 0 radical (unpaired) electrons. The predicted octanol–water partition coefficient (Wildman–Crippen LogP) is 1.71. The number of amides is 1. The molecule has 1 amide bonds. The van der Waals surface area contributed by atoms with E-state index in [2.05, 4.69) is 10.3 Å². The first-order valence-electron chi connectivity index (χ1n) is 7.33. The molecule has 0 saturated carbocycles. The second-order valence-electron chi connectivity index (χ2n) is 5.01. The highest BCUT2D eigenvalue weighted by Gasteiger charge is 2.23. The molecule has 0 aliphatic heterocycles. The standard InChI is InChI=1S/C16H19N3O4/c1-2-9-23-15(21)14(10-12-3-5-13(20)6-4-12)18-16(22)19-8-7-17-11-19/h3-8,11,14,20H,2,9-10H2,1H3,(H,18,22). The molecule has 0 saturated heterocycles. The van der Waals surface area contributed by atoms with Gasteiger partial charge in [0.15, 0.2) is 0 Å². The Balaban J connectivity index is 2.09. The average Bonchev–Trinajstić information content (AvgIpc) is 3.08. The molecule has 0 fully saturated rings. The number of hydrogen-bond acceptors (Lipinski definition) is 5. The Labute approximate surface area is 133 Å². The summed E-state index contributed by atoms with van der Waals surface area (Å²) < 4.78 is 6.39. The first-order valence-corrected chi connectivity index (χ1v) is 7.33. The SMILES string of the molecule is CCCOC(=O)C(Cc1ccc(O)cc1)NC(=O)n1ccnc1. The van der Waals surface area contributed by atoms with Gasteiger partial charge in [0.25, 0.3) is 0 Å². The lowest BCUT2D eigenvalue weighted by molar-refractivity contribution is -0.145. The maximum atomic E-state index is 12.2. The normalized spacial score (nSPS) is 11.7. The molecular weight excluding hydrogens is 298 g/mol. The van der Waals surface area contributed by atoms with Gasteiger partial charge in [-0.3, -0.25) is 4.57 Å². The number of carbonyl (C=O) groups excluding carboxylic acids is 2. The minimum absolute atomic E-state index is 0.140. The number of rotatable bonds is 6. The summed E-state index contributed by atoms with van der Waals surface area (Å²) in [5, 5.41) is 12.0. The van der Waals surface area contributed by atoms with Crippen molar-refractivity contribution in [3.05, 3.63) is 48.5 Å². The van der Waals surface area contributed by atoms with Crippen LogP contribution in [0.1, 0.15) is 18.9 Å². The number of nitrogens with zero attached hydrogens (tertiary/aromatic N) is 2. The van der Waals surface area contributed by atoms with E-state index >= 15 is 0 Å². The van der Waals surface area contributed by atoms with Crippen LogP contribution in [0.15, 0.2) is 43.0 Å². The van der Waals surface area contributed by atoms with Crippen molar-refractivity contribution in [1.82, 2.24) is 14.9 Å². The van der Waals surface area contributed by atoms with Gasteiger partial charge in [-0.2, -0.15) is 0 Å². The number of benzene rings is 1. The number of hydrogen-bond donors (Lipinski definition) is 2. The molecule has 1 heterocycles. The second-order valence-corrected chi connectivity index (χ2v) is 5.01. The maximum Gasteiger partial charge on any atom is 0.329 e. The molecule has 2 aromatic rings. The van der Waals surface area contributed by atoms with Gasteiger partial charge in [-0.15, -0.1) is 0 Å². The van der Waals surface area contributed by atoms with E-state index in [0.717, 1.165) is 5.56 Å². The van der Waals surface area contributed by atoms with Crippen LogP contribution >= 0.6 is 0 Å². The van der Waals surface area contributed by atoms with Gasteiger partial charge in [0, 0.05) is 18.8 Å². The molecule has 2 N–H and O–H groups in total. The zero-order chi connectivity index (χ0) is 16.7. The number of ether oxygens (including phenoxy) is 1. The van der Waals surface area contributed by atoms with E-state index in [1.54, 1.807) is 12.1 Å². The summed E-state index contributed by atoms with van der Waals surface area (Å²) in [5.74, 6) is -0.352. The summed E-state index contributed by atoms with van der Waals surface area (Å²) in [4.78, 5) is 28.1. The van der Waals surface area contributed by atoms with E-state index in [1.165, 1.54) is 35.4 Å². The summed E-state index contributed by atoms with van der Waals surface area (Å²) in [6, 6.07) is 5.17. The largest absolute Gasteiger partial charge is 0.508 e. The number of phenols is 1. The lowest BCUT2D eigenvalue weighted by Crippen LogP contribution is -2.45. The van der Waals surface area contributed by atoms with Crippen LogP contribution in [0.3, 0.4) is 0 Å². The van der Waals surface area contributed by atoms with Gasteiger partial charge in [0.05, 0.1) is 6.61 Å². The van der Waals surface area contributed by atoms with Crippen LogP contribution in [0, 0.1) is 0 Å². The fourth-order valence-electron chi connectivity index (χ4n) is 1.97. The molecule has 7 heteroatoms. The van der Waals surface area contributed by atoms with Crippen LogP contribution in [0.4, 0.5) is 4.79 Å². The van der Waals surface area contributed by atoms with Crippen LogP contribution in [0.2, 0.25) is 0 Å². The molecule has 122 valence electrons. The van der Waals surface area contributed by atoms with Gasteiger partial charge in [0.2, 0.25) is 0 Å². The Kier molecular flexibility index (Phi) is 5.74. The fraction of sp³-hybridized carbons (Fsp3) is 0.312. The molecule has 0 aliphatic carbocycles. The first kappa shape index (κ1) is 16.5. The molecule has 0 bridgehead atoms. The molecule has 1 unspecified atom stereocenters. The van der Waals surface area contributed by atoms with E-state index < -0.39 is 18.0 Å². The van der Waals surface area contributed by atoms with Crippen molar-refractivity contribution in [2.45, 2.75) is 25.8 Å². The molecule has 0 spiro atoms.